The number of carbonyl (C=O) groups excluding carboxylic acids is 2. The van der Waals surface area contributed by atoms with Crippen LogP contribution < -0.4 is 9.80 Å². The number of esters is 2. The smallest absolute Gasteiger partial charge is 0.346 e. The highest BCUT2D eigenvalue weighted by Crippen LogP contribution is 2.38. The molecule has 3 rings (SSSR count). The molecule has 0 aromatic heterocycles. The molecule has 0 N–H and O–H groups in total. The molecule has 0 saturated heterocycles. The molecular weight excluding hydrogens is 292 g/mol. The lowest BCUT2D eigenvalue weighted by Crippen LogP contribution is -2.14. The Morgan fingerprint density at radius 2 is 1.52 bits per heavy atom. The van der Waals surface area contributed by atoms with Crippen molar-refractivity contribution in [2.45, 2.75) is 0 Å². The number of hydrogen-bond acceptors (Lipinski definition) is 5. The fraction of sp³-hybridized carbons (Fsp3) is 0.222. The number of rotatable bonds is 3. The fourth-order valence-corrected chi connectivity index (χ4v) is 2.89. The summed E-state index contributed by atoms with van der Waals surface area (Å²) < 4.78 is 4.64. The van der Waals surface area contributed by atoms with Gasteiger partial charge >= 0.3 is 11.9 Å². The number of fused-ring (bicyclic) bond motifs is 1. The van der Waals surface area contributed by atoms with E-state index in [9.17, 15) is 9.59 Å². The van der Waals surface area contributed by atoms with Crippen LogP contribution in [0.15, 0.2) is 36.4 Å². The van der Waals surface area contributed by atoms with Crippen molar-refractivity contribution < 1.29 is 14.3 Å². The van der Waals surface area contributed by atoms with Gasteiger partial charge in [0.2, 0.25) is 0 Å². The number of cyclic esters (lactones) is 2. The Morgan fingerprint density at radius 3 is 2.09 bits per heavy atom. The largest absolute Gasteiger partial charge is 0.386 e. The second-order valence-corrected chi connectivity index (χ2v) is 5.89. The molecule has 0 bridgehead atoms. The molecule has 1 aliphatic rings. The van der Waals surface area contributed by atoms with Crippen molar-refractivity contribution in [3.63, 3.8) is 0 Å². The topological polar surface area (TPSA) is 49.9 Å². The summed E-state index contributed by atoms with van der Waals surface area (Å²) in [7, 11) is 7.92. The number of anilines is 2. The van der Waals surface area contributed by atoms with Crippen LogP contribution in [0, 0.1) is 0 Å². The van der Waals surface area contributed by atoms with Crippen molar-refractivity contribution in [1.29, 1.82) is 0 Å². The second kappa shape index (κ2) is 5.43. The predicted molar refractivity (Wildman–Crippen MR) is 91.7 cm³/mol. The van der Waals surface area contributed by atoms with E-state index in [0.717, 1.165) is 22.1 Å². The van der Waals surface area contributed by atoms with Crippen molar-refractivity contribution in [2.24, 2.45) is 0 Å². The molecule has 5 heteroatoms. The number of hydrogen-bond donors (Lipinski definition) is 0. The first-order valence-corrected chi connectivity index (χ1v) is 7.28. The molecule has 0 spiro atoms. The molecule has 0 saturated carbocycles. The number of ether oxygens (including phenoxy) is 1. The molecule has 2 aromatic carbocycles. The zero-order valence-electron chi connectivity index (χ0n) is 13.6. The van der Waals surface area contributed by atoms with E-state index < -0.39 is 11.9 Å². The Labute approximate surface area is 134 Å². The summed E-state index contributed by atoms with van der Waals surface area (Å²) in [5, 5.41) is 1.95. The van der Waals surface area contributed by atoms with Gasteiger partial charge in [-0.05, 0) is 23.1 Å². The molecule has 0 unspecified atom stereocenters. The zero-order chi connectivity index (χ0) is 16.7. The van der Waals surface area contributed by atoms with E-state index >= 15 is 0 Å². The van der Waals surface area contributed by atoms with Gasteiger partial charge in [0.05, 0.1) is 5.57 Å². The van der Waals surface area contributed by atoms with Crippen LogP contribution in [0.5, 0.6) is 0 Å². The molecular formula is C18H18N2O3. The summed E-state index contributed by atoms with van der Waals surface area (Å²) in [5.74, 6) is -1.21. The minimum absolute atomic E-state index is 0.307. The average molecular weight is 310 g/mol. The van der Waals surface area contributed by atoms with Gasteiger partial charge in [-0.2, -0.15) is 0 Å². The Kier molecular flexibility index (Phi) is 3.56. The van der Waals surface area contributed by atoms with Crippen LogP contribution >= 0.6 is 0 Å². The highest BCUT2D eigenvalue weighted by atomic mass is 16.6. The quantitative estimate of drug-likeness (QED) is 0.644. The number of nitrogens with zero attached hydrogens (tertiary/aromatic N) is 2. The minimum Gasteiger partial charge on any atom is -0.386 e. The normalized spacial score (nSPS) is 14.0. The van der Waals surface area contributed by atoms with Crippen molar-refractivity contribution in [3.8, 4) is 0 Å². The van der Waals surface area contributed by atoms with Crippen LogP contribution in [0.3, 0.4) is 0 Å². The van der Waals surface area contributed by atoms with Gasteiger partial charge in [0.25, 0.3) is 0 Å². The predicted octanol–water partition coefficient (Wildman–Crippen LogP) is 2.44. The van der Waals surface area contributed by atoms with Crippen molar-refractivity contribution in [1.82, 2.24) is 0 Å². The summed E-state index contributed by atoms with van der Waals surface area (Å²) in [5.41, 5.74) is 3.11. The van der Waals surface area contributed by atoms with E-state index in [1.165, 1.54) is 6.08 Å². The summed E-state index contributed by atoms with van der Waals surface area (Å²) in [4.78, 5) is 27.4. The molecule has 0 aliphatic carbocycles. The maximum Gasteiger partial charge on any atom is 0.346 e. The van der Waals surface area contributed by atoms with Gasteiger partial charge in [0.15, 0.2) is 0 Å². The van der Waals surface area contributed by atoms with Crippen molar-refractivity contribution in [2.75, 3.05) is 38.0 Å². The van der Waals surface area contributed by atoms with E-state index in [1.54, 1.807) is 0 Å². The molecule has 23 heavy (non-hydrogen) atoms. The SMILES string of the molecule is CN(C)c1cccc2c(C3=CC(=O)OC3=O)ccc(N(C)C)c12. The fourth-order valence-electron chi connectivity index (χ4n) is 2.89. The van der Waals surface area contributed by atoms with E-state index in [-0.39, 0.29) is 0 Å². The van der Waals surface area contributed by atoms with Gasteiger partial charge in [-0.3, -0.25) is 0 Å². The lowest BCUT2D eigenvalue weighted by atomic mass is 9.95. The van der Waals surface area contributed by atoms with E-state index in [1.807, 2.05) is 68.3 Å². The van der Waals surface area contributed by atoms with Crippen LogP contribution in [0.4, 0.5) is 11.4 Å². The molecule has 1 aliphatic heterocycles. The van der Waals surface area contributed by atoms with Crippen molar-refractivity contribution >= 4 is 39.7 Å². The van der Waals surface area contributed by atoms with Crippen molar-refractivity contribution in [3.05, 3.63) is 42.0 Å². The van der Waals surface area contributed by atoms with Crippen LogP contribution in [-0.2, 0) is 14.3 Å². The molecule has 0 fully saturated rings. The van der Waals surface area contributed by atoms with Gasteiger partial charge in [0.1, 0.15) is 0 Å². The molecule has 1 heterocycles. The van der Waals surface area contributed by atoms with Gasteiger partial charge in [-0.15, -0.1) is 0 Å². The van der Waals surface area contributed by atoms with E-state index in [2.05, 4.69) is 4.74 Å². The lowest BCUT2D eigenvalue weighted by molar-refractivity contribution is -0.149. The molecule has 2 aromatic rings. The number of carbonyl (C=O) groups is 2. The Balaban J connectivity index is 2.37. The lowest BCUT2D eigenvalue weighted by Gasteiger charge is -2.23. The molecule has 118 valence electrons. The minimum atomic E-state index is -0.612. The average Bonchev–Trinajstić information content (AvgIpc) is 2.83. The zero-order valence-corrected chi connectivity index (χ0v) is 13.6. The first kappa shape index (κ1) is 15.1. The maximum absolute atomic E-state index is 11.9. The third-order valence-electron chi connectivity index (χ3n) is 3.93. The molecule has 0 amide bonds. The Morgan fingerprint density at radius 1 is 0.870 bits per heavy atom. The van der Waals surface area contributed by atoms with Crippen LogP contribution in [0.25, 0.3) is 16.3 Å². The second-order valence-electron chi connectivity index (χ2n) is 5.89. The third kappa shape index (κ3) is 2.44. The summed E-state index contributed by atoms with van der Waals surface area (Å²) >= 11 is 0. The first-order chi connectivity index (χ1) is 10.9. The van der Waals surface area contributed by atoms with Gasteiger partial charge in [-0.1, -0.05) is 18.2 Å². The van der Waals surface area contributed by atoms with Gasteiger partial charge < -0.3 is 14.5 Å². The van der Waals surface area contributed by atoms with Crippen LogP contribution in [-0.4, -0.2) is 40.1 Å². The van der Waals surface area contributed by atoms with Gasteiger partial charge in [-0.25, -0.2) is 9.59 Å². The highest BCUT2D eigenvalue weighted by Gasteiger charge is 2.27. The first-order valence-electron chi connectivity index (χ1n) is 7.28. The molecule has 5 nitrogen and oxygen atoms in total. The maximum atomic E-state index is 11.9. The Hall–Kier alpha value is -2.82. The molecule has 0 radical (unpaired) electrons. The van der Waals surface area contributed by atoms with E-state index in [4.69, 9.17) is 0 Å². The third-order valence-corrected chi connectivity index (χ3v) is 3.93. The van der Waals surface area contributed by atoms with Gasteiger partial charge in [0, 0.05) is 51.0 Å². The standard InChI is InChI=1S/C18H18N2O3/c1-19(2)14-7-5-6-12-11(13-10-16(21)23-18(13)22)8-9-15(17(12)14)20(3)4/h5-10H,1-4H3. The Bertz CT molecular complexity index is 836. The number of benzene rings is 2. The summed E-state index contributed by atoms with van der Waals surface area (Å²) in [6.07, 6.45) is 1.26. The monoisotopic (exact) mass is 310 g/mol. The highest BCUT2D eigenvalue weighted by molar-refractivity contribution is 6.31. The molecule has 0 atom stereocenters. The van der Waals surface area contributed by atoms with Crippen LogP contribution in [0.1, 0.15) is 5.56 Å². The summed E-state index contributed by atoms with van der Waals surface area (Å²) in [6, 6.07) is 9.76. The van der Waals surface area contributed by atoms with E-state index in [0.29, 0.717) is 11.1 Å². The van der Waals surface area contributed by atoms with Crippen LogP contribution in [0.2, 0.25) is 0 Å². The summed E-state index contributed by atoms with van der Waals surface area (Å²) in [6.45, 7) is 0.